The zero-order chi connectivity index (χ0) is 17.3. The summed E-state index contributed by atoms with van der Waals surface area (Å²) in [5, 5.41) is 10.6. The fourth-order valence-corrected chi connectivity index (χ4v) is 2.83. The van der Waals surface area contributed by atoms with E-state index in [1.165, 1.54) is 0 Å². The van der Waals surface area contributed by atoms with E-state index in [4.69, 9.17) is 0 Å². The fraction of sp³-hybridized carbons (Fsp3) is 0.733. The normalized spacial score (nSPS) is 11.9. The van der Waals surface area contributed by atoms with Gasteiger partial charge in [-0.15, -0.1) is 24.0 Å². The van der Waals surface area contributed by atoms with Crippen molar-refractivity contribution in [3.05, 3.63) is 17.5 Å². The maximum Gasteiger partial charge on any atom is 0.191 e. The van der Waals surface area contributed by atoms with E-state index >= 15 is 0 Å². The molecule has 0 fully saturated rings. The van der Waals surface area contributed by atoms with Gasteiger partial charge < -0.3 is 10.6 Å². The molecule has 0 amide bonds. The number of halogens is 1. The molecule has 1 aromatic heterocycles. The van der Waals surface area contributed by atoms with Crippen molar-refractivity contribution < 1.29 is 8.42 Å². The lowest BCUT2D eigenvalue weighted by Crippen LogP contribution is -2.39. The van der Waals surface area contributed by atoms with E-state index in [-0.39, 0.29) is 35.5 Å². The van der Waals surface area contributed by atoms with Crippen LogP contribution in [0.1, 0.15) is 31.7 Å². The highest BCUT2D eigenvalue weighted by atomic mass is 127. The molecular weight excluding hydrogens is 441 g/mol. The van der Waals surface area contributed by atoms with Crippen molar-refractivity contribution in [1.82, 2.24) is 20.4 Å². The molecule has 0 saturated carbocycles. The van der Waals surface area contributed by atoms with E-state index < -0.39 is 9.84 Å². The molecule has 1 rings (SSSR count). The molecule has 9 heteroatoms. The largest absolute Gasteiger partial charge is 0.357 e. The zero-order valence-electron chi connectivity index (χ0n) is 15.0. The molecule has 24 heavy (non-hydrogen) atoms. The van der Waals surface area contributed by atoms with E-state index in [1.54, 1.807) is 6.92 Å². The Balaban J connectivity index is 0.00000529. The predicted octanol–water partition coefficient (Wildman–Crippen LogP) is 1.50. The van der Waals surface area contributed by atoms with Gasteiger partial charge in [-0.25, -0.2) is 8.42 Å². The van der Waals surface area contributed by atoms with Crippen molar-refractivity contribution in [2.45, 2.75) is 40.7 Å². The molecule has 1 heterocycles. The topological polar surface area (TPSA) is 88.4 Å². The van der Waals surface area contributed by atoms with Gasteiger partial charge in [0.25, 0.3) is 0 Å². The molecule has 0 unspecified atom stereocenters. The summed E-state index contributed by atoms with van der Waals surface area (Å²) in [6, 6.07) is 2.06. The summed E-state index contributed by atoms with van der Waals surface area (Å²) in [5.41, 5.74) is 2.18. The van der Waals surface area contributed by atoms with Gasteiger partial charge in [-0.1, -0.05) is 6.92 Å². The summed E-state index contributed by atoms with van der Waals surface area (Å²) in [6.07, 6.45) is 0.881. The third-order valence-corrected chi connectivity index (χ3v) is 5.10. The molecule has 0 spiro atoms. The first-order valence-electron chi connectivity index (χ1n) is 8.11. The van der Waals surface area contributed by atoms with Crippen molar-refractivity contribution in [3.63, 3.8) is 0 Å². The Kier molecular flexibility index (Phi) is 11.3. The first-order valence-corrected chi connectivity index (χ1v) is 9.93. The number of hydrogen-bond donors (Lipinski definition) is 2. The summed E-state index contributed by atoms with van der Waals surface area (Å²) in [6.45, 7) is 10.3. The average molecular weight is 471 g/mol. The zero-order valence-corrected chi connectivity index (χ0v) is 18.1. The van der Waals surface area contributed by atoms with E-state index in [9.17, 15) is 8.42 Å². The Hall–Kier alpha value is -0.840. The molecule has 0 bridgehead atoms. The van der Waals surface area contributed by atoms with E-state index in [1.807, 2.05) is 25.5 Å². The van der Waals surface area contributed by atoms with Crippen LogP contribution in [0.15, 0.2) is 11.1 Å². The molecular formula is C15H30IN5O2S. The lowest BCUT2D eigenvalue weighted by Gasteiger charge is -2.11. The Bertz CT molecular complexity index is 613. The Morgan fingerprint density at radius 3 is 2.54 bits per heavy atom. The van der Waals surface area contributed by atoms with Crippen LogP contribution in [0, 0.1) is 13.8 Å². The summed E-state index contributed by atoms with van der Waals surface area (Å²) < 4.78 is 24.9. The van der Waals surface area contributed by atoms with Crippen LogP contribution in [0.3, 0.4) is 0 Å². The van der Waals surface area contributed by atoms with Gasteiger partial charge in [-0.2, -0.15) is 5.10 Å². The minimum absolute atomic E-state index is 0. The van der Waals surface area contributed by atoms with Crippen molar-refractivity contribution in [3.8, 4) is 0 Å². The second-order valence-corrected chi connectivity index (χ2v) is 7.90. The summed E-state index contributed by atoms with van der Waals surface area (Å²) >= 11 is 0. The van der Waals surface area contributed by atoms with Gasteiger partial charge in [0, 0.05) is 37.6 Å². The van der Waals surface area contributed by atoms with Gasteiger partial charge in [0.2, 0.25) is 0 Å². The van der Waals surface area contributed by atoms with E-state index in [2.05, 4.69) is 26.8 Å². The smallest absolute Gasteiger partial charge is 0.191 e. The van der Waals surface area contributed by atoms with Gasteiger partial charge >= 0.3 is 0 Å². The number of aryl methyl sites for hydroxylation is 3. The SMILES string of the molecule is CCNC(=NCCCn1nc(C)cc1C)NCCS(=O)(=O)CC.I. The molecule has 0 radical (unpaired) electrons. The first kappa shape index (κ1) is 23.2. The lowest BCUT2D eigenvalue weighted by molar-refractivity contribution is 0.567. The molecule has 0 aliphatic carbocycles. The predicted molar refractivity (Wildman–Crippen MR) is 110 cm³/mol. The van der Waals surface area contributed by atoms with Crippen LogP contribution in [0.4, 0.5) is 0 Å². The maximum atomic E-state index is 11.5. The van der Waals surface area contributed by atoms with Crippen LogP contribution in [-0.4, -0.2) is 55.3 Å². The molecule has 0 atom stereocenters. The number of nitrogens with zero attached hydrogens (tertiary/aromatic N) is 3. The van der Waals surface area contributed by atoms with Crippen molar-refractivity contribution in [2.24, 2.45) is 4.99 Å². The van der Waals surface area contributed by atoms with Gasteiger partial charge in [0.05, 0.1) is 11.4 Å². The van der Waals surface area contributed by atoms with Crippen LogP contribution in [-0.2, 0) is 16.4 Å². The highest BCUT2D eigenvalue weighted by molar-refractivity contribution is 14.0. The number of aliphatic imine (C=N–C) groups is 1. The lowest BCUT2D eigenvalue weighted by atomic mass is 10.4. The molecule has 1 aromatic rings. The molecule has 0 aromatic carbocycles. The van der Waals surface area contributed by atoms with Gasteiger partial charge in [0.1, 0.15) is 0 Å². The number of sulfone groups is 1. The second kappa shape index (κ2) is 11.7. The van der Waals surface area contributed by atoms with Gasteiger partial charge in [0.15, 0.2) is 15.8 Å². The van der Waals surface area contributed by atoms with Gasteiger partial charge in [-0.3, -0.25) is 9.67 Å². The average Bonchev–Trinajstić information content (AvgIpc) is 2.81. The van der Waals surface area contributed by atoms with Crippen LogP contribution in [0.2, 0.25) is 0 Å². The monoisotopic (exact) mass is 471 g/mol. The molecule has 0 aliphatic heterocycles. The van der Waals surface area contributed by atoms with Gasteiger partial charge in [-0.05, 0) is 33.3 Å². The van der Waals surface area contributed by atoms with Crippen molar-refractivity contribution >= 4 is 39.8 Å². The molecule has 2 N–H and O–H groups in total. The van der Waals surface area contributed by atoms with Crippen molar-refractivity contribution in [2.75, 3.05) is 31.1 Å². The summed E-state index contributed by atoms with van der Waals surface area (Å²) in [5.74, 6) is 0.956. The Labute approximate surface area is 162 Å². The van der Waals surface area contributed by atoms with E-state index in [0.717, 1.165) is 30.9 Å². The van der Waals surface area contributed by atoms with Crippen molar-refractivity contribution in [1.29, 1.82) is 0 Å². The minimum Gasteiger partial charge on any atom is -0.357 e. The third-order valence-electron chi connectivity index (χ3n) is 3.39. The molecule has 0 saturated heterocycles. The Morgan fingerprint density at radius 2 is 2.00 bits per heavy atom. The molecule has 7 nitrogen and oxygen atoms in total. The summed E-state index contributed by atoms with van der Waals surface area (Å²) in [7, 11) is -2.95. The maximum absolute atomic E-state index is 11.5. The molecule has 140 valence electrons. The molecule has 0 aliphatic rings. The third kappa shape index (κ3) is 8.86. The summed E-state index contributed by atoms with van der Waals surface area (Å²) in [4.78, 5) is 4.47. The highest BCUT2D eigenvalue weighted by Gasteiger charge is 2.07. The van der Waals surface area contributed by atoms with Crippen LogP contribution in [0.25, 0.3) is 0 Å². The number of nitrogens with one attached hydrogen (secondary N) is 2. The second-order valence-electron chi connectivity index (χ2n) is 5.43. The standard InChI is InChI=1S/C15H29N5O2S.HI/c1-5-16-15(18-9-11-23(21,22)6-2)17-8-7-10-20-14(4)12-13(3)19-20;/h12H,5-11H2,1-4H3,(H2,16,17,18);1H. The quantitative estimate of drug-likeness (QED) is 0.247. The van der Waals surface area contributed by atoms with E-state index in [0.29, 0.717) is 19.0 Å². The fourth-order valence-electron chi connectivity index (χ4n) is 2.12. The number of rotatable bonds is 9. The number of aromatic nitrogens is 2. The minimum atomic E-state index is -2.95. The Morgan fingerprint density at radius 1 is 1.29 bits per heavy atom. The van der Waals surface area contributed by atoms with Crippen LogP contribution < -0.4 is 10.6 Å². The first-order chi connectivity index (χ1) is 10.9. The van der Waals surface area contributed by atoms with Crippen LogP contribution >= 0.6 is 24.0 Å². The highest BCUT2D eigenvalue weighted by Crippen LogP contribution is 2.02. The van der Waals surface area contributed by atoms with Crippen LogP contribution in [0.5, 0.6) is 0 Å². The number of guanidine groups is 1. The number of hydrogen-bond acceptors (Lipinski definition) is 4.